The molecular formula is C36H57N5O5S. The number of aliphatic hydroxyl groups excluding tert-OH is 2. The molecule has 0 radical (unpaired) electrons. The van der Waals surface area contributed by atoms with Crippen LogP contribution in [0.5, 0.6) is 0 Å². The Morgan fingerprint density at radius 2 is 1.70 bits per heavy atom. The van der Waals surface area contributed by atoms with Gasteiger partial charge in [0.05, 0.1) is 35.4 Å². The van der Waals surface area contributed by atoms with Crippen LogP contribution in [0.1, 0.15) is 82.9 Å². The normalized spacial score (nSPS) is 17.0. The number of nitrogens with one attached hydrogen (secondary N) is 2. The number of hydrogen-bond acceptors (Lipinski definition) is 8. The standard InChI is InChI=1S/C36H57N5O5S/c1-5-13-32(42)34(44)30(21-27-16-11-8-12-17-27)38-36(46)31(23-29-24-47-25-37-29)39-35(45)28(20-26-14-9-7-10-15-26)22-33(43)41(4)19-18-40(3)6-2/h7,9-10,14-15,24-25,27-28,30-32,34,42,44H,5-6,8,11-13,16-23H2,1-4H3,(H,38,46)(H,39,45)/t28-,30+,31+,32+,34-/m1/s1. The molecule has 262 valence electrons. The maximum Gasteiger partial charge on any atom is 0.243 e. The summed E-state index contributed by atoms with van der Waals surface area (Å²) in [6.07, 6.45) is 5.61. The quantitative estimate of drug-likeness (QED) is 0.168. The first-order chi connectivity index (χ1) is 22.6. The summed E-state index contributed by atoms with van der Waals surface area (Å²) >= 11 is 1.41. The maximum absolute atomic E-state index is 14.0. The highest BCUT2D eigenvalue weighted by Gasteiger charge is 2.34. The van der Waals surface area contributed by atoms with E-state index in [0.717, 1.165) is 44.3 Å². The zero-order chi connectivity index (χ0) is 34.2. The molecule has 2 aromatic rings. The average Bonchev–Trinajstić information content (AvgIpc) is 3.59. The molecule has 1 aromatic carbocycles. The van der Waals surface area contributed by atoms with Gasteiger partial charge >= 0.3 is 0 Å². The fourth-order valence-corrected chi connectivity index (χ4v) is 6.83. The second kappa shape index (κ2) is 20.5. The van der Waals surface area contributed by atoms with Crippen LogP contribution in [-0.4, -0.2) is 101 Å². The summed E-state index contributed by atoms with van der Waals surface area (Å²) in [7, 11) is 3.76. The lowest BCUT2D eigenvalue weighted by atomic mass is 9.82. The van der Waals surface area contributed by atoms with E-state index < -0.39 is 36.1 Å². The maximum atomic E-state index is 14.0. The zero-order valence-corrected chi connectivity index (χ0v) is 29.6. The second-order valence-corrected chi connectivity index (χ2v) is 14.0. The van der Waals surface area contributed by atoms with E-state index in [1.807, 2.05) is 49.7 Å². The first kappa shape index (κ1) is 38.6. The Hall–Kier alpha value is -2.86. The molecule has 1 aliphatic rings. The van der Waals surface area contributed by atoms with Gasteiger partial charge < -0.3 is 30.6 Å². The third-order valence-electron chi connectivity index (χ3n) is 9.46. The predicted molar refractivity (Wildman–Crippen MR) is 187 cm³/mol. The SMILES string of the molecule is CCC[C@H](O)[C@H](O)[C@H](CC1CCCCC1)NC(=O)[C@H](Cc1cscn1)NC(=O)[C@@H](CC(=O)N(C)CCN(C)CC)Cc1ccccc1. The third kappa shape index (κ3) is 13.3. The molecule has 1 saturated carbocycles. The minimum Gasteiger partial charge on any atom is -0.390 e. The Bertz CT molecular complexity index is 1190. The Balaban J connectivity index is 1.81. The van der Waals surface area contributed by atoms with E-state index in [2.05, 4.69) is 27.4 Å². The van der Waals surface area contributed by atoms with Crippen molar-refractivity contribution in [3.8, 4) is 0 Å². The number of aliphatic hydroxyl groups is 2. The van der Waals surface area contributed by atoms with Crippen LogP contribution in [0.25, 0.3) is 0 Å². The van der Waals surface area contributed by atoms with Crippen LogP contribution < -0.4 is 10.6 Å². The van der Waals surface area contributed by atoms with Crippen molar-refractivity contribution in [3.63, 3.8) is 0 Å². The van der Waals surface area contributed by atoms with Crippen LogP contribution in [0, 0.1) is 11.8 Å². The highest BCUT2D eigenvalue weighted by atomic mass is 32.1. The number of carbonyl (C=O) groups is 3. The van der Waals surface area contributed by atoms with Crippen molar-refractivity contribution in [2.75, 3.05) is 33.7 Å². The largest absolute Gasteiger partial charge is 0.390 e. The monoisotopic (exact) mass is 671 g/mol. The fourth-order valence-electron chi connectivity index (χ4n) is 6.26. The molecule has 1 aromatic heterocycles. The minimum absolute atomic E-state index is 0.00430. The van der Waals surface area contributed by atoms with Crippen molar-refractivity contribution in [1.29, 1.82) is 0 Å². The molecule has 0 bridgehead atoms. The van der Waals surface area contributed by atoms with Gasteiger partial charge in [-0.2, -0.15) is 0 Å². The number of benzene rings is 1. The van der Waals surface area contributed by atoms with Gasteiger partial charge in [0, 0.05) is 38.4 Å². The van der Waals surface area contributed by atoms with E-state index in [9.17, 15) is 24.6 Å². The summed E-state index contributed by atoms with van der Waals surface area (Å²) in [5.74, 6) is -1.30. The molecule has 3 amide bonds. The van der Waals surface area contributed by atoms with Crippen molar-refractivity contribution < 1.29 is 24.6 Å². The van der Waals surface area contributed by atoms with Crippen LogP contribution in [-0.2, 0) is 27.2 Å². The van der Waals surface area contributed by atoms with Gasteiger partial charge in [0.1, 0.15) is 6.04 Å². The first-order valence-electron chi connectivity index (χ1n) is 17.4. The first-order valence-corrected chi connectivity index (χ1v) is 18.4. The van der Waals surface area contributed by atoms with E-state index in [0.29, 0.717) is 43.8 Å². The summed E-state index contributed by atoms with van der Waals surface area (Å²) in [5.41, 5.74) is 3.28. The molecule has 10 nitrogen and oxygen atoms in total. The molecule has 0 unspecified atom stereocenters. The van der Waals surface area contributed by atoms with Crippen molar-refractivity contribution in [3.05, 3.63) is 52.5 Å². The van der Waals surface area contributed by atoms with Crippen LogP contribution in [0.3, 0.4) is 0 Å². The molecule has 47 heavy (non-hydrogen) atoms. The van der Waals surface area contributed by atoms with Crippen LogP contribution in [0.4, 0.5) is 0 Å². The van der Waals surface area contributed by atoms with Crippen LogP contribution >= 0.6 is 11.3 Å². The Morgan fingerprint density at radius 3 is 2.34 bits per heavy atom. The lowest BCUT2D eigenvalue weighted by molar-refractivity contribution is -0.137. The number of thiazole rings is 1. The molecule has 5 atom stereocenters. The van der Waals surface area contributed by atoms with Gasteiger partial charge in [-0.3, -0.25) is 14.4 Å². The van der Waals surface area contributed by atoms with Gasteiger partial charge in [0.15, 0.2) is 0 Å². The fraction of sp³-hybridized carbons (Fsp3) is 0.667. The Kier molecular flexibility index (Phi) is 16.8. The molecule has 0 saturated heterocycles. The van der Waals surface area contributed by atoms with E-state index in [1.54, 1.807) is 17.5 Å². The second-order valence-electron chi connectivity index (χ2n) is 13.2. The zero-order valence-electron chi connectivity index (χ0n) is 28.8. The molecule has 1 heterocycles. The van der Waals surface area contributed by atoms with Crippen molar-refractivity contribution in [2.45, 2.75) is 109 Å². The molecule has 3 rings (SSSR count). The summed E-state index contributed by atoms with van der Waals surface area (Å²) < 4.78 is 0. The molecule has 0 aliphatic heterocycles. The van der Waals surface area contributed by atoms with Crippen LogP contribution in [0.2, 0.25) is 0 Å². The van der Waals surface area contributed by atoms with Crippen LogP contribution in [0.15, 0.2) is 41.2 Å². The molecule has 0 spiro atoms. The van der Waals surface area contributed by atoms with E-state index >= 15 is 0 Å². The highest BCUT2D eigenvalue weighted by Crippen LogP contribution is 2.29. The number of hydrogen-bond donors (Lipinski definition) is 4. The number of nitrogens with zero attached hydrogens (tertiary/aromatic N) is 3. The smallest absolute Gasteiger partial charge is 0.243 e. The van der Waals surface area contributed by atoms with Gasteiger partial charge in [-0.1, -0.05) is 82.7 Å². The molecule has 1 fully saturated rings. The molecular weight excluding hydrogens is 614 g/mol. The topological polar surface area (TPSA) is 135 Å². The summed E-state index contributed by atoms with van der Waals surface area (Å²) in [6, 6.07) is 7.96. The summed E-state index contributed by atoms with van der Waals surface area (Å²) in [6.45, 7) is 6.16. The van der Waals surface area contributed by atoms with E-state index in [4.69, 9.17) is 0 Å². The van der Waals surface area contributed by atoms with Gasteiger partial charge in [-0.15, -0.1) is 11.3 Å². The molecule has 4 N–H and O–H groups in total. The predicted octanol–water partition coefficient (Wildman–Crippen LogP) is 3.81. The Labute approximate surface area is 285 Å². The van der Waals surface area contributed by atoms with Gasteiger partial charge in [0.25, 0.3) is 0 Å². The number of rotatable bonds is 20. The van der Waals surface area contributed by atoms with Crippen molar-refractivity contribution >= 4 is 29.1 Å². The minimum atomic E-state index is -1.12. The Morgan fingerprint density at radius 1 is 0.979 bits per heavy atom. The average molecular weight is 672 g/mol. The lowest BCUT2D eigenvalue weighted by Gasteiger charge is -2.33. The molecule has 1 aliphatic carbocycles. The number of likely N-dealkylation sites (N-methyl/N-ethyl adjacent to an activating group) is 2. The summed E-state index contributed by atoms with van der Waals surface area (Å²) in [5, 5.41) is 29.8. The molecule has 11 heteroatoms. The van der Waals surface area contributed by atoms with Crippen molar-refractivity contribution in [2.24, 2.45) is 11.8 Å². The van der Waals surface area contributed by atoms with E-state index in [-0.39, 0.29) is 24.7 Å². The van der Waals surface area contributed by atoms with Crippen molar-refractivity contribution in [1.82, 2.24) is 25.4 Å². The highest BCUT2D eigenvalue weighted by molar-refractivity contribution is 7.07. The third-order valence-corrected chi connectivity index (χ3v) is 10.1. The summed E-state index contributed by atoms with van der Waals surface area (Å²) in [4.78, 5) is 49.5. The number of aromatic nitrogens is 1. The van der Waals surface area contributed by atoms with Gasteiger partial charge in [-0.25, -0.2) is 4.98 Å². The number of amides is 3. The van der Waals surface area contributed by atoms with Gasteiger partial charge in [0.2, 0.25) is 17.7 Å². The van der Waals surface area contributed by atoms with E-state index in [1.165, 1.54) is 17.8 Å². The number of carbonyl (C=O) groups excluding carboxylic acids is 3. The lowest BCUT2D eigenvalue weighted by Crippen LogP contribution is -2.56. The van der Waals surface area contributed by atoms with Gasteiger partial charge in [-0.05, 0) is 44.3 Å².